The lowest BCUT2D eigenvalue weighted by molar-refractivity contribution is -0.117. The van der Waals surface area contributed by atoms with Crippen LogP contribution < -0.4 is 14.4 Å². The molecule has 0 bridgehead atoms. The summed E-state index contributed by atoms with van der Waals surface area (Å²) in [6.45, 7) is 6.59. The highest BCUT2D eigenvalue weighted by atomic mass is 16.5. The third-order valence-electron chi connectivity index (χ3n) is 6.75. The molecular weight excluding hydrogens is 482 g/mol. The Balaban J connectivity index is 1.62. The van der Waals surface area contributed by atoms with E-state index < -0.39 is 23.5 Å². The lowest BCUT2D eigenvalue weighted by Gasteiger charge is -2.27. The van der Waals surface area contributed by atoms with Gasteiger partial charge in [-0.25, -0.2) is 0 Å². The summed E-state index contributed by atoms with van der Waals surface area (Å²) in [6, 6.07) is 20.8. The van der Waals surface area contributed by atoms with Crippen molar-refractivity contribution in [3.05, 3.63) is 101 Å². The van der Waals surface area contributed by atoms with E-state index >= 15 is 0 Å². The van der Waals surface area contributed by atoms with Gasteiger partial charge in [0, 0.05) is 11.1 Å². The van der Waals surface area contributed by atoms with Gasteiger partial charge in [0.05, 0.1) is 25.3 Å². The number of ketones is 1. The van der Waals surface area contributed by atoms with E-state index in [1.54, 1.807) is 48.5 Å². The van der Waals surface area contributed by atoms with Gasteiger partial charge < -0.3 is 19.0 Å². The largest absolute Gasteiger partial charge is 0.503 e. The Morgan fingerprint density at radius 2 is 1.76 bits per heavy atom. The van der Waals surface area contributed by atoms with Crippen LogP contribution in [0.25, 0.3) is 11.0 Å². The van der Waals surface area contributed by atoms with E-state index in [0.29, 0.717) is 46.2 Å². The van der Waals surface area contributed by atoms with Crippen molar-refractivity contribution < 1.29 is 28.6 Å². The number of rotatable bonds is 8. The number of carbonyl (C=O) groups is 2. The van der Waals surface area contributed by atoms with Gasteiger partial charge in [0.15, 0.2) is 22.9 Å². The minimum atomic E-state index is -0.857. The average Bonchev–Trinajstić information content (AvgIpc) is 3.48. The van der Waals surface area contributed by atoms with Crippen LogP contribution in [0.2, 0.25) is 0 Å². The van der Waals surface area contributed by atoms with Crippen LogP contribution in [-0.4, -0.2) is 30.5 Å². The highest BCUT2D eigenvalue weighted by Gasteiger charge is 2.45. The molecule has 4 aromatic rings. The monoisotopic (exact) mass is 511 g/mol. The number of anilines is 1. The maximum atomic E-state index is 13.9. The van der Waals surface area contributed by atoms with Crippen molar-refractivity contribution in [2.45, 2.75) is 32.7 Å². The van der Waals surface area contributed by atoms with E-state index in [0.717, 1.165) is 5.56 Å². The minimum absolute atomic E-state index is 0.0104. The molecular formula is C31H29NO6. The van der Waals surface area contributed by atoms with Crippen LogP contribution in [0.5, 0.6) is 11.5 Å². The number of aliphatic hydroxyl groups excluding tert-OH is 1. The molecule has 38 heavy (non-hydrogen) atoms. The first-order valence-electron chi connectivity index (χ1n) is 12.5. The summed E-state index contributed by atoms with van der Waals surface area (Å²) in [5.41, 5.74) is 2.72. The van der Waals surface area contributed by atoms with E-state index in [-0.39, 0.29) is 11.3 Å². The van der Waals surface area contributed by atoms with Crippen LogP contribution in [0.1, 0.15) is 54.4 Å². The number of ether oxygens (including phenoxy) is 2. The minimum Gasteiger partial charge on any atom is -0.503 e. The fourth-order valence-corrected chi connectivity index (χ4v) is 4.79. The maximum absolute atomic E-state index is 13.9. The van der Waals surface area contributed by atoms with E-state index in [4.69, 9.17) is 13.9 Å². The van der Waals surface area contributed by atoms with Gasteiger partial charge in [-0.1, -0.05) is 50.2 Å². The van der Waals surface area contributed by atoms with Gasteiger partial charge in [0.25, 0.3) is 5.91 Å². The Hall–Kier alpha value is -4.52. The molecule has 0 spiro atoms. The summed E-state index contributed by atoms with van der Waals surface area (Å²) in [6.07, 6.45) is 0. The highest BCUT2D eigenvalue weighted by Crippen LogP contribution is 2.43. The third-order valence-corrected chi connectivity index (χ3v) is 6.75. The first kappa shape index (κ1) is 25.1. The molecule has 3 aromatic carbocycles. The molecule has 0 aliphatic carbocycles. The number of furan rings is 1. The molecule has 1 aliphatic heterocycles. The quantitative estimate of drug-likeness (QED) is 0.263. The van der Waals surface area contributed by atoms with Crippen molar-refractivity contribution in [3.63, 3.8) is 0 Å². The van der Waals surface area contributed by atoms with Crippen molar-refractivity contribution in [3.8, 4) is 11.5 Å². The Bertz CT molecular complexity index is 1530. The summed E-state index contributed by atoms with van der Waals surface area (Å²) in [5.74, 6) is -0.369. The molecule has 1 atom stereocenters. The number of fused-ring (bicyclic) bond motifs is 1. The van der Waals surface area contributed by atoms with Gasteiger partial charge in [-0.05, 0) is 60.4 Å². The molecule has 0 saturated heterocycles. The van der Waals surface area contributed by atoms with Crippen LogP contribution in [0.15, 0.2) is 88.5 Å². The van der Waals surface area contributed by atoms with Crippen LogP contribution in [0.4, 0.5) is 5.69 Å². The fourth-order valence-electron chi connectivity index (χ4n) is 4.79. The standard InChI is InChI=1S/C31H29NO6/c1-5-37-23-15-13-22(14-16-23)32-27(20-11-9-19(10-12-20)18(2)3)26(29(34)31(32)35)28(33)25-17-21-7-6-8-24(36-4)30(21)38-25/h6-18,27,34H,5H2,1-4H3. The Labute approximate surface area is 220 Å². The Kier molecular flexibility index (Phi) is 6.68. The number of methoxy groups -OCH3 is 1. The molecule has 1 aliphatic rings. The number of hydrogen-bond donors (Lipinski definition) is 1. The molecule has 7 nitrogen and oxygen atoms in total. The number of amides is 1. The van der Waals surface area contributed by atoms with E-state index in [1.807, 2.05) is 31.2 Å². The number of nitrogens with zero attached hydrogens (tertiary/aromatic N) is 1. The molecule has 7 heteroatoms. The molecule has 194 valence electrons. The molecule has 5 rings (SSSR count). The van der Waals surface area contributed by atoms with Crippen molar-refractivity contribution in [1.29, 1.82) is 0 Å². The zero-order valence-corrected chi connectivity index (χ0v) is 21.7. The zero-order valence-electron chi connectivity index (χ0n) is 21.7. The van der Waals surface area contributed by atoms with Crippen LogP contribution >= 0.6 is 0 Å². The SMILES string of the molecule is CCOc1ccc(N2C(=O)C(O)=C(C(=O)c3cc4cccc(OC)c4o3)C2c2ccc(C(C)C)cc2)cc1. The summed E-state index contributed by atoms with van der Waals surface area (Å²) < 4.78 is 16.8. The fraction of sp³-hybridized carbons (Fsp3) is 0.226. The molecule has 0 fully saturated rings. The first-order chi connectivity index (χ1) is 18.3. The maximum Gasteiger partial charge on any atom is 0.294 e. The van der Waals surface area contributed by atoms with Gasteiger partial charge in [-0.15, -0.1) is 0 Å². The summed E-state index contributed by atoms with van der Waals surface area (Å²) in [4.78, 5) is 28.8. The Morgan fingerprint density at radius 3 is 2.39 bits per heavy atom. The Morgan fingerprint density at radius 1 is 1.05 bits per heavy atom. The predicted octanol–water partition coefficient (Wildman–Crippen LogP) is 6.75. The number of benzene rings is 3. The molecule has 1 unspecified atom stereocenters. The van der Waals surface area contributed by atoms with E-state index in [1.165, 1.54) is 12.0 Å². The van der Waals surface area contributed by atoms with Gasteiger partial charge in [-0.2, -0.15) is 0 Å². The lowest BCUT2D eigenvalue weighted by atomic mass is 9.92. The van der Waals surface area contributed by atoms with Gasteiger partial charge in [-0.3, -0.25) is 14.5 Å². The summed E-state index contributed by atoms with van der Waals surface area (Å²) >= 11 is 0. The first-order valence-corrected chi connectivity index (χ1v) is 12.5. The van der Waals surface area contributed by atoms with Crippen molar-refractivity contribution >= 4 is 28.3 Å². The predicted molar refractivity (Wildman–Crippen MR) is 145 cm³/mol. The molecule has 2 heterocycles. The van der Waals surface area contributed by atoms with Crippen LogP contribution in [0, 0.1) is 0 Å². The van der Waals surface area contributed by atoms with E-state index in [9.17, 15) is 14.7 Å². The van der Waals surface area contributed by atoms with Gasteiger partial charge in [0.1, 0.15) is 5.75 Å². The van der Waals surface area contributed by atoms with Gasteiger partial charge in [0.2, 0.25) is 5.78 Å². The van der Waals surface area contributed by atoms with Crippen molar-refractivity contribution in [2.24, 2.45) is 0 Å². The zero-order chi connectivity index (χ0) is 27.0. The second kappa shape index (κ2) is 10.1. The van der Waals surface area contributed by atoms with Crippen molar-refractivity contribution in [2.75, 3.05) is 18.6 Å². The molecule has 0 radical (unpaired) electrons. The second-order valence-corrected chi connectivity index (χ2v) is 9.41. The third kappa shape index (κ3) is 4.30. The van der Waals surface area contributed by atoms with E-state index in [2.05, 4.69) is 13.8 Å². The van der Waals surface area contributed by atoms with Crippen LogP contribution in [0.3, 0.4) is 0 Å². The molecule has 1 N–H and O–H groups in total. The number of carbonyl (C=O) groups excluding carboxylic acids is 2. The topological polar surface area (TPSA) is 89.2 Å². The van der Waals surface area contributed by atoms with Gasteiger partial charge >= 0.3 is 0 Å². The number of aliphatic hydroxyl groups is 1. The number of hydrogen-bond acceptors (Lipinski definition) is 6. The summed E-state index contributed by atoms with van der Waals surface area (Å²) in [5, 5.41) is 11.8. The summed E-state index contributed by atoms with van der Waals surface area (Å²) in [7, 11) is 1.52. The lowest BCUT2D eigenvalue weighted by Crippen LogP contribution is -2.31. The van der Waals surface area contributed by atoms with Crippen LogP contribution in [-0.2, 0) is 4.79 Å². The second-order valence-electron chi connectivity index (χ2n) is 9.41. The van der Waals surface area contributed by atoms with Crippen molar-refractivity contribution in [1.82, 2.24) is 0 Å². The highest BCUT2D eigenvalue weighted by molar-refractivity contribution is 6.20. The molecule has 0 saturated carbocycles. The number of para-hydroxylation sites is 1. The number of Topliss-reactive ketones (excluding diaryl/α,β-unsaturated/α-hetero) is 1. The molecule has 1 amide bonds. The smallest absolute Gasteiger partial charge is 0.294 e. The normalized spacial score (nSPS) is 15.6. The molecule has 1 aromatic heterocycles. The average molecular weight is 512 g/mol.